The van der Waals surface area contributed by atoms with Gasteiger partial charge in [0.1, 0.15) is 5.69 Å². The summed E-state index contributed by atoms with van der Waals surface area (Å²) in [6.07, 6.45) is 2.88. The molecule has 1 atom stereocenters. The van der Waals surface area contributed by atoms with Crippen LogP contribution in [0.2, 0.25) is 0 Å². The molecular formula is C17H24N4O. The molecule has 5 nitrogen and oxygen atoms in total. The van der Waals surface area contributed by atoms with Crippen LogP contribution in [0.1, 0.15) is 30.8 Å². The van der Waals surface area contributed by atoms with E-state index in [4.69, 9.17) is 0 Å². The van der Waals surface area contributed by atoms with Crippen LogP contribution in [0.25, 0.3) is 11.0 Å². The number of hydrogen-bond acceptors (Lipinski definition) is 3. The van der Waals surface area contributed by atoms with Crippen LogP contribution in [0.15, 0.2) is 24.4 Å². The van der Waals surface area contributed by atoms with Gasteiger partial charge in [0.2, 0.25) is 0 Å². The lowest BCUT2D eigenvalue weighted by Gasteiger charge is -2.40. The molecule has 0 saturated carbocycles. The average molecular weight is 300 g/mol. The lowest BCUT2D eigenvalue weighted by Crippen LogP contribution is -2.54. The molecule has 0 radical (unpaired) electrons. The van der Waals surface area contributed by atoms with E-state index in [-0.39, 0.29) is 11.9 Å². The number of pyridine rings is 1. The smallest absolute Gasteiger partial charge is 0.272 e. The first-order chi connectivity index (χ1) is 10.5. The number of nitrogens with one attached hydrogen (secondary N) is 1. The van der Waals surface area contributed by atoms with Gasteiger partial charge in [0, 0.05) is 31.9 Å². The van der Waals surface area contributed by atoms with Crippen molar-refractivity contribution < 1.29 is 4.79 Å². The summed E-state index contributed by atoms with van der Waals surface area (Å²) in [5.74, 6) is 0.633. The van der Waals surface area contributed by atoms with E-state index in [1.807, 2.05) is 29.3 Å². The summed E-state index contributed by atoms with van der Waals surface area (Å²) in [5.41, 5.74) is 2.36. The fourth-order valence-electron chi connectivity index (χ4n) is 3.22. The summed E-state index contributed by atoms with van der Waals surface area (Å²) in [6, 6.07) is 5.94. The van der Waals surface area contributed by atoms with Crippen LogP contribution in [0.3, 0.4) is 0 Å². The number of rotatable bonds is 3. The van der Waals surface area contributed by atoms with E-state index in [1.54, 1.807) is 0 Å². The summed E-state index contributed by atoms with van der Waals surface area (Å²) in [4.78, 5) is 24.8. The van der Waals surface area contributed by atoms with Crippen molar-refractivity contribution in [1.82, 2.24) is 19.8 Å². The van der Waals surface area contributed by atoms with Gasteiger partial charge < -0.3 is 14.8 Å². The molecule has 0 bridgehead atoms. The molecule has 1 amide bonds. The maximum absolute atomic E-state index is 12.9. The third kappa shape index (κ3) is 2.99. The molecule has 1 aliphatic heterocycles. The molecule has 1 fully saturated rings. The number of aromatic nitrogens is 2. The third-order valence-corrected chi connectivity index (χ3v) is 4.31. The Bertz CT molecular complexity index is 661. The summed E-state index contributed by atoms with van der Waals surface area (Å²) in [6.45, 7) is 7.06. The van der Waals surface area contributed by atoms with E-state index in [0.29, 0.717) is 11.6 Å². The number of fused-ring (bicyclic) bond motifs is 1. The molecule has 5 heteroatoms. The number of carbonyl (C=O) groups is 1. The molecular weight excluding hydrogens is 276 g/mol. The Kier molecular flexibility index (Phi) is 4.16. The lowest BCUT2D eigenvalue weighted by molar-refractivity contribution is 0.0455. The summed E-state index contributed by atoms with van der Waals surface area (Å²) < 4.78 is 0. The highest BCUT2D eigenvalue weighted by Crippen LogP contribution is 2.20. The second-order valence-electron chi connectivity index (χ2n) is 6.65. The van der Waals surface area contributed by atoms with Gasteiger partial charge in [-0.25, -0.2) is 4.98 Å². The summed E-state index contributed by atoms with van der Waals surface area (Å²) >= 11 is 0. The molecule has 2 aromatic heterocycles. The van der Waals surface area contributed by atoms with Gasteiger partial charge in [-0.2, -0.15) is 0 Å². The maximum Gasteiger partial charge on any atom is 0.272 e. The first-order valence-corrected chi connectivity index (χ1v) is 7.98. The van der Waals surface area contributed by atoms with Crippen LogP contribution >= 0.6 is 0 Å². The molecule has 0 spiro atoms. The number of nitrogens with zero attached hydrogens (tertiary/aromatic N) is 3. The highest BCUT2D eigenvalue weighted by atomic mass is 16.2. The molecule has 3 rings (SSSR count). The zero-order valence-electron chi connectivity index (χ0n) is 13.5. The Hall–Kier alpha value is -1.88. The van der Waals surface area contributed by atoms with E-state index < -0.39 is 0 Å². The van der Waals surface area contributed by atoms with E-state index in [1.165, 1.54) is 0 Å². The number of aromatic amines is 1. The third-order valence-electron chi connectivity index (χ3n) is 4.31. The topological polar surface area (TPSA) is 52.2 Å². The monoisotopic (exact) mass is 300 g/mol. The molecule has 1 aliphatic rings. The van der Waals surface area contributed by atoms with Crippen LogP contribution in [0, 0.1) is 5.92 Å². The number of H-pyrrole nitrogens is 1. The van der Waals surface area contributed by atoms with Crippen LogP contribution in [0.5, 0.6) is 0 Å². The second kappa shape index (κ2) is 6.08. The van der Waals surface area contributed by atoms with Gasteiger partial charge in [-0.05, 0) is 37.6 Å². The van der Waals surface area contributed by atoms with Crippen LogP contribution in [-0.2, 0) is 0 Å². The minimum Gasteiger partial charge on any atom is -0.360 e. The molecule has 118 valence electrons. The number of hydrogen-bond donors (Lipinski definition) is 1. The summed E-state index contributed by atoms with van der Waals surface area (Å²) in [5, 5.41) is 0. The molecule has 22 heavy (non-hydrogen) atoms. The fraction of sp³-hybridized carbons (Fsp3) is 0.529. The number of carbonyl (C=O) groups excluding carboxylic acids is 1. The highest BCUT2D eigenvalue weighted by molar-refractivity contribution is 5.94. The molecule has 0 aliphatic carbocycles. The molecule has 3 heterocycles. The minimum absolute atomic E-state index is 0.0573. The normalized spacial score (nSPS) is 20.0. The van der Waals surface area contributed by atoms with E-state index >= 15 is 0 Å². The number of likely N-dealkylation sites (N-methyl/N-ethyl adjacent to an activating group) is 1. The second-order valence-corrected chi connectivity index (χ2v) is 6.65. The maximum atomic E-state index is 12.9. The first kappa shape index (κ1) is 15.0. The van der Waals surface area contributed by atoms with Crippen LogP contribution in [-0.4, -0.2) is 58.4 Å². The van der Waals surface area contributed by atoms with Crippen molar-refractivity contribution in [2.75, 3.05) is 26.7 Å². The van der Waals surface area contributed by atoms with Crippen LogP contribution in [0.4, 0.5) is 0 Å². The van der Waals surface area contributed by atoms with Gasteiger partial charge in [0.05, 0.1) is 11.0 Å². The van der Waals surface area contributed by atoms with Crippen molar-refractivity contribution in [3.8, 4) is 0 Å². The van der Waals surface area contributed by atoms with Gasteiger partial charge in [0.25, 0.3) is 5.91 Å². The van der Waals surface area contributed by atoms with Crippen molar-refractivity contribution in [1.29, 1.82) is 0 Å². The number of amides is 1. The quantitative estimate of drug-likeness (QED) is 0.947. The zero-order valence-corrected chi connectivity index (χ0v) is 13.5. The van der Waals surface area contributed by atoms with E-state index in [2.05, 4.69) is 35.8 Å². The van der Waals surface area contributed by atoms with Crippen molar-refractivity contribution in [3.63, 3.8) is 0 Å². The van der Waals surface area contributed by atoms with Crippen LogP contribution < -0.4 is 0 Å². The Morgan fingerprint density at radius 3 is 2.95 bits per heavy atom. The predicted octanol–water partition coefficient (Wildman–Crippen LogP) is 2.37. The number of piperazine rings is 1. The Morgan fingerprint density at radius 1 is 1.36 bits per heavy atom. The summed E-state index contributed by atoms with van der Waals surface area (Å²) in [7, 11) is 2.12. The zero-order chi connectivity index (χ0) is 15.7. The lowest BCUT2D eigenvalue weighted by atomic mass is 9.99. The average Bonchev–Trinajstić information content (AvgIpc) is 2.93. The molecule has 2 aromatic rings. The van der Waals surface area contributed by atoms with Gasteiger partial charge in [-0.1, -0.05) is 13.8 Å². The largest absolute Gasteiger partial charge is 0.360 e. The van der Waals surface area contributed by atoms with Crippen molar-refractivity contribution in [2.24, 2.45) is 5.92 Å². The van der Waals surface area contributed by atoms with Gasteiger partial charge >= 0.3 is 0 Å². The molecule has 0 aromatic carbocycles. The van der Waals surface area contributed by atoms with Gasteiger partial charge in [-0.15, -0.1) is 0 Å². The first-order valence-electron chi connectivity index (χ1n) is 7.98. The fourth-order valence-corrected chi connectivity index (χ4v) is 3.22. The Labute approximate surface area is 131 Å². The van der Waals surface area contributed by atoms with Crippen molar-refractivity contribution >= 4 is 16.9 Å². The standard InChI is InChI=1S/C17H24N4O/c1-12(2)10-13-11-20(3)8-9-21(13)17(22)16-5-4-14-15(19-16)6-7-18-14/h4-7,12-13,18H,8-11H2,1-3H3. The van der Waals surface area contributed by atoms with Gasteiger partial charge in [0.15, 0.2) is 0 Å². The predicted molar refractivity (Wildman–Crippen MR) is 87.9 cm³/mol. The molecule has 1 saturated heterocycles. The Balaban J connectivity index is 1.84. The minimum atomic E-state index is 0.0573. The molecule has 1 N–H and O–H groups in total. The highest BCUT2D eigenvalue weighted by Gasteiger charge is 2.30. The van der Waals surface area contributed by atoms with E-state index in [0.717, 1.165) is 37.1 Å². The van der Waals surface area contributed by atoms with E-state index in [9.17, 15) is 4.79 Å². The Morgan fingerprint density at radius 2 is 2.18 bits per heavy atom. The van der Waals surface area contributed by atoms with Gasteiger partial charge in [-0.3, -0.25) is 4.79 Å². The SMILES string of the molecule is CC(C)CC1CN(C)CCN1C(=O)c1ccc2[nH]ccc2n1. The van der Waals surface area contributed by atoms with Crippen molar-refractivity contribution in [2.45, 2.75) is 26.3 Å². The van der Waals surface area contributed by atoms with Crippen molar-refractivity contribution in [3.05, 3.63) is 30.1 Å². The molecule has 1 unspecified atom stereocenters.